The molecule has 64 heavy (non-hydrogen) atoms. The van der Waals surface area contributed by atoms with E-state index in [0.717, 1.165) is 67.0 Å². The summed E-state index contributed by atoms with van der Waals surface area (Å²) in [5.41, 5.74) is 18.6. The second kappa shape index (κ2) is 15.5. The van der Waals surface area contributed by atoms with Gasteiger partial charge in [-0.15, -0.1) is 0 Å². The quantitative estimate of drug-likeness (QED) is 0.153. The van der Waals surface area contributed by atoms with Crippen LogP contribution in [0, 0.1) is 0 Å². The highest BCUT2D eigenvalue weighted by Gasteiger charge is 2.47. The average Bonchev–Trinajstić information content (AvgIpc) is 3.95. The van der Waals surface area contributed by atoms with Crippen molar-refractivity contribution in [1.82, 2.24) is 15.0 Å². The van der Waals surface area contributed by atoms with Crippen LogP contribution in [0.4, 0.5) is 0 Å². The Labute approximate surface area is 371 Å². The zero-order valence-corrected chi connectivity index (χ0v) is 34.8. The molecule has 1 aliphatic rings. The molecule has 0 spiro atoms. The highest BCUT2D eigenvalue weighted by molar-refractivity contribution is 5.96. The molecule has 12 rings (SSSR count). The Bertz CT molecular complexity index is 3430. The smallest absolute Gasteiger partial charge is 0.227 e. The molecule has 0 radical (unpaired) electrons. The van der Waals surface area contributed by atoms with Crippen molar-refractivity contribution in [2.24, 2.45) is 0 Å². The zero-order valence-electron chi connectivity index (χ0n) is 34.8. The summed E-state index contributed by atoms with van der Waals surface area (Å²) in [7, 11) is 0. The summed E-state index contributed by atoms with van der Waals surface area (Å²) in [6, 6.07) is 83.6. The Balaban J connectivity index is 0.992. The van der Waals surface area contributed by atoms with Crippen LogP contribution in [0.2, 0.25) is 0 Å². The molecule has 0 N–H and O–H groups in total. The molecule has 0 saturated carbocycles. The molecule has 11 aromatic rings. The summed E-state index contributed by atoms with van der Waals surface area (Å²) in [6.07, 6.45) is 0. The molecule has 0 aliphatic heterocycles. The average molecular weight is 818 g/mol. The van der Waals surface area contributed by atoms with Crippen molar-refractivity contribution >= 4 is 11.1 Å². The van der Waals surface area contributed by atoms with Gasteiger partial charge in [-0.25, -0.2) is 15.0 Å². The summed E-state index contributed by atoms with van der Waals surface area (Å²) in [5, 5.41) is 0. The maximum absolute atomic E-state index is 6.34. The van der Waals surface area contributed by atoms with Crippen molar-refractivity contribution in [1.29, 1.82) is 0 Å². The van der Waals surface area contributed by atoms with Crippen molar-refractivity contribution in [3.63, 3.8) is 0 Å². The molecule has 2 heterocycles. The summed E-state index contributed by atoms with van der Waals surface area (Å²) >= 11 is 0. The molecule has 0 amide bonds. The van der Waals surface area contributed by atoms with Crippen LogP contribution < -0.4 is 0 Å². The van der Waals surface area contributed by atoms with E-state index in [9.17, 15) is 0 Å². The van der Waals surface area contributed by atoms with Gasteiger partial charge in [-0.1, -0.05) is 194 Å². The highest BCUT2D eigenvalue weighted by atomic mass is 16.3. The van der Waals surface area contributed by atoms with Crippen molar-refractivity contribution < 1.29 is 4.42 Å². The first-order valence-corrected chi connectivity index (χ1v) is 21.7. The monoisotopic (exact) mass is 817 g/mol. The van der Waals surface area contributed by atoms with E-state index in [0.29, 0.717) is 11.7 Å². The van der Waals surface area contributed by atoms with Gasteiger partial charge in [0.05, 0.1) is 16.8 Å². The molecule has 2 aromatic heterocycles. The Morgan fingerprint density at radius 3 is 1.59 bits per heavy atom. The molecule has 300 valence electrons. The standard InChI is InChI=1S/C60H39N3O/c1-5-18-40(19-6-1)53-39-54(62-58(61-53)41-20-7-2-8-21-41)46-27-16-25-44(37-46)43-24-15-26-45(36-43)49-31-17-33-52-57(49)50-30-13-14-32-51(50)60(52,47-28-11-4-12-29-47)48-34-35-56-55(38-48)63-59(64-56)42-22-9-3-10-23-42/h1-39H. The van der Waals surface area contributed by atoms with Gasteiger partial charge in [-0.3, -0.25) is 0 Å². The summed E-state index contributed by atoms with van der Waals surface area (Å²) < 4.78 is 6.34. The van der Waals surface area contributed by atoms with Crippen LogP contribution in [0.15, 0.2) is 241 Å². The summed E-state index contributed by atoms with van der Waals surface area (Å²) in [5.74, 6) is 1.32. The van der Waals surface area contributed by atoms with Crippen LogP contribution in [-0.2, 0) is 5.41 Å². The fourth-order valence-corrected chi connectivity index (χ4v) is 9.70. The normalized spacial score (nSPS) is 14.0. The molecular formula is C60H39N3O. The number of oxazole rings is 1. The van der Waals surface area contributed by atoms with Crippen molar-refractivity contribution in [3.05, 3.63) is 259 Å². The van der Waals surface area contributed by atoms with E-state index in [4.69, 9.17) is 19.4 Å². The molecule has 1 unspecified atom stereocenters. The Hall–Kier alpha value is -8.47. The summed E-state index contributed by atoms with van der Waals surface area (Å²) in [4.78, 5) is 15.2. The van der Waals surface area contributed by atoms with E-state index in [-0.39, 0.29) is 0 Å². The lowest BCUT2D eigenvalue weighted by molar-refractivity contribution is 0.619. The number of benzene rings is 9. The van der Waals surface area contributed by atoms with E-state index in [2.05, 4.69) is 170 Å². The molecular weight excluding hydrogens is 779 g/mol. The lowest BCUT2D eigenvalue weighted by Crippen LogP contribution is -2.28. The lowest BCUT2D eigenvalue weighted by atomic mass is 9.67. The molecule has 0 fully saturated rings. The zero-order chi connectivity index (χ0) is 42.5. The summed E-state index contributed by atoms with van der Waals surface area (Å²) in [6.45, 7) is 0. The van der Waals surface area contributed by atoms with E-state index in [1.165, 1.54) is 33.4 Å². The second-order valence-electron chi connectivity index (χ2n) is 16.3. The minimum atomic E-state index is -0.607. The molecule has 9 aromatic carbocycles. The Morgan fingerprint density at radius 1 is 0.328 bits per heavy atom. The van der Waals surface area contributed by atoms with Gasteiger partial charge >= 0.3 is 0 Å². The number of fused-ring (bicyclic) bond motifs is 4. The number of nitrogens with zero attached hydrogens (tertiary/aromatic N) is 3. The van der Waals surface area contributed by atoms with Crippen molar-refractivity contribution in [2.75, 3.05) is 0 Å². The first kappa shape index (κ1) is 37.3. The van der Waals surface area contributed by atoms with Crippen LogP contribution in [0.1, 0.15) is 22.3 Å². The van der Waals surface area contributed by atoms with Gasteiger partial charge in [0, 0.05) is 22.3 Å². The van der Waals surface area contributed by atoms with Gasteiger partial charge < -0.3 is 4.42 Å². The minimum absolute atomic E-state index is 0.607. The van der Waals surface area contributed by atoms with E-state index in [1.807, 2.05) is 66.7 Å². The molecule has 4 heteroatoms. The predicted molar refractivity (Wildman–Crippen MR) is 260 cm³/mol. The van der Waals surface area contributed by atoms with Crippen LogP contribution >= 0.6 is 0 Å². The second-order valence-corrected chi connectivity index (χ2v) is 16.3. The predicted octanol–water partition coefficient (Wildman–Crippen LogP) is 15.0. The number of aromatic nitrogens is 3. The lowest BCUT2D eigenvalue weighted by Gasteiger charge is -2.34. The molecule has 4 nitrogen and oxygen atoms in total. The number of hydrogen-bond acceptors (Lipinski definition) is 4. The third-order valence-electron chi connectivity index (χ3n) is 12.6. The topological polar surface area (TPSA) is 51.8 Å². The van der Waals surface area contributed by atoms with E-state index < -0.39 is 5.41 Å². The largest absolute Gasteiger partial charge is 0.436 e. The molecule has 0 saturated heterocycles. The molecule has 0 bridgehead atoms. The minimum Gasteiger partial charge on any atom is -0.436 e. The van der Waals surface area contributed by atoms with E-state index in [1.54, 1.807) is 0 Å². The fraction of sp³-hybridized carbons (Fsp3) is 0.0167. The third kappa shape index (κ3) is 6.27. The SMILES string of the molecule is c1ccc(-c2cc(-c3cccc(-c4cccc(-c5cccc6c5-c5ccccc5C6(c5ccccc5)c5ccc6oc(-c7ccccc7)nc6c5)c4)c3)nc(-c3ccccc3)n2)cc1. The molecule has 1 aliphatic carbocycles. The first-order valence-electron chi connectivity index (χ1n) is 21.7. The van der Waals surface area contributed by atoms with Gasteiger partial charge in [-0.2, -0.15) is 0 Å². The maximum Gasteiger partial charge on any atom is 0.227 e. The maximum atomic E-state index is 6.34. The van der Waals surface area contributed by atoms with Crippen molar-refractivity contribution in [3.8, 4) is 78.7 Å². The van der Waals surface area contributed by atoms with Gasteiger partial charge in [-0.05, 0) is 98.1 Å². The Kier molecular flexibility index (Phi) is 9.01. The van der Waals surface area contributed by atoms with Gasteiger partial charge in [0.2, 0.25) is 5.89 Å². The highest BCUT2D eigenvalue weighted by Crippen LogP contribution is 2.58. The van der Waals surface area contributed by atoms with Crippen LogP contribution in [0.3, 0.4) is 0 Å². The number of hydrogen-bond donors (Lipinski definition) is 0. The number of rotatable bonds is 8. The van der Waals surface area contributed by atoms with Crippen molar-refractivity contribution in [2.45, 2.75) is 5.41 Å². The molecule has 1 atom stereocenters. The van der Waals surface area contributed by atoms with E-state index >= 15 is 0 Å². The van der Waals surface area contributed by atoms with Gasteiger partial charge in [0.1, 0.15) is 5.52 Å². The van der Waals surface area contributed by atoms with Gasteiger partial charge in [0.15, 0.2) is 11.4 Å². The van der Waals surface area contributed by atoms with Gasteiger partial charge in [0.25, 0.3) is 0 Å². The first-order chi connectivity index (χ1) is 31.7. The van der Waals surface area contributed by atoms with Crippen LogP contribution in [0.5, 0.6) is 0 Å². The van der Waals surface area contributed by atoms with Crippen LogP contribution in [0.25, 0.3) is 89.8 Å². The van der Waals surface area contributed by atoms with Crippen LogP contribution in [-0.4, -0.2) is 15.0 Å². The third-order valence-corrected chi connectivity index (χ3v) is 12.6. The Morgan fingerprint density at radius 2 is 0.859 bits per heavy atom. The fourth-order valence-electron chi connectivity index (χ4n) is 9.70.